The van der Waals surface area contributed by atoms with Crippen molar-refractivity contribution >= 4 is 41.0 Å². The predicted octanol–water partition coefficient (Wildman–Crippen LogP) is 1.81. The highest BCUT2D eigenvalue weighted by molar-refractivity contribution is 7.99. The van der Waals surface area contributed by atoms with E-state index in [2.05, 4.69) is 20.2 Å². The molecule has 0 unspecified atom stereocenters. The normalized spacial score (nSPS) is 17.5. The minimum absolute atomic E-state index is 0.0534. The topological polar surface area (TPSA) is 78.4 Å². The summed E-state index contributed by atoms with van der Waals surface area (Å²) in [6.07, 6.45) is 2.07. The zero-order chi connectivity index (χ0) is 18.7. The maximum atomic E-state index is 12.2. The first-order chi connectivity index (χ1) is 12.4. The zero-order valence-electron chi connectivity index (χ0n) is 15.1. The van der Waals surface area contributed by atoms with Gasteiger partial charge < -0.3 is 15.1 Å². The van der Waals surface area contributed by atoms with Gasteiger partial charge in [-0.05, 0) is 26.7 Å². The van der Waals surface area contributed by atoms with Crippen molar-refractivity contribution in [3.63, 3.8) is 0 Å². The summed E-state index contributed by atoms with van der Waals surface area (Å²) in [5.41, 5.74) is 0. The van der Waals surface area contributed by atoms with E-state index in [9.17, 15) is 9.59 Å². The average Bonchev–Trinajstić information content (AvgIpc) is 3.43. The van der Waals surface area contributed by atoms with Crippen LogP contribution in [-0.2, 0) is 9.59 Å². The summed E-state index contributed by atoms with van der Waals surface area (Å²) in [7, 11) is 0. The molecule has 0 bridgehead atoms. The third-order valence-corrected chi connectivity index (χ3v) is 5.33. The lowest BCUT2D eigenvalue weighted by molar-refractivity contribution is -0.132. The van der Waals surface area contributed by atoms with Crippen molar-refractivity contribution in [2.75, 3.05) is 36.8 Å². The van der Waals surface area contributed by atoms with E-state index in [0.29, 0.717) is 23.4 Å². The van der Waals surface area contributed by atoms with E-state index >= 15 is 0 Å². The third-order valence-electron chi connectivity index (χ3n) is 4.28. The number of hydrogen-bond acceptors (Lipinski definition) is 6. The highest BCUT2D eigenvalue weighted by Crippen LogP contribution is 2.31. The molecule has 0 radical (unpaired) electrons. The van der Waals surface area contributed by atoms with E-state index in [4.69, 9.17) is 11.6 Å². The number of thioether (sulfide) groups is 1. The number of amides is 2. The van der Waals surface area contributed by atoms with Gasteiger partial charge >= 0.3 is 0 Å². The van der Waals surface area contributed by atoms with Gasteiger partial charge in [0.2, 0.25) is 11.8 Å². The van der Waals surface area contributed by atoms with Crippen molar-refractivity contribution in [2.45, 2.75) is 37.9 Å². The molecule has 1 aromatic heterocycles. The van der Waals surface area contributed by atoms with Gasteiger partial charge in [0.25, 0.3) is 0 Å². The van der Waals surface area contributed by atoms with Crippen molar-refractivity contribution in [2.24, 2.45) is 5.92 Å². The second-order valence-corrected chi connectivity index (χ2v) is 8.26. The molecule has 3 rings (SSSR count). The second kappa shape index (κ2) is 8.43. The van der Waals surface area contributed by atoms with Crippen LogP contribution in [0.25, 0.3) is 0 Å². The van der Waals surface area contributed by atoms with Gasteiger partial charge in [-0.15, -0.1) is 0 Å². The van der Waals surface area contributed by atoms with Crippen LogP contribution in [0.5, 0.6) is 0 Å². The molecule has 2 fully saturated rings. The Hall–Kier alpha value is -1.54. The Morgan fingerprint density at radius 3 is 2.58 bits per heavy atom. The molecule has 1 saturated carbocycles. The highest BCUT2D eigenvalue weighted by atomic mass is 35.5. The van der Waals surface area contributed by atoms with Crippen LogP contribution in [0.4, 0.5) is 5.82 Å². The molecular formula is C17H24ClN5O2S. The molecule has 2 aliphatic rings. The molecule has 1 saturated heterocycles. The van der Waals surface area contributed by atoms with E-state index in [0.717, 1.165) is 31.7 Å². The van der Waals surface area contributed by atoms with Gasteiger partial charge in [0, 0.05) is 44.2 Å². The summed E-state index contributed by atoms with van der Waals surface area (Å²) in [4.78, 5) is 36.7. The number of rotatable bonds is 6. The van der Waals surface area contributed by atoms with Gasteiger partial charge in [-0.3, -0.25) is 9.59 Å². The SMILES string of the molecule is CC(C)NC(=O)CSc1nc(Cl)cc(N2CCN(C(=O)C3CC3)CC2)n1. The summed E-state index contributed by atoms with van der Waals surface area (Å²) in [6.45, 7) is 6.70. The maximum Gasteiger partial charge on any atom is 0.230 e. The Labute approximate surface area is 162 Å². The fourth-order valence-corrected chi connectivity index (χ4v) is 3.74. The van der Waals surface area contributed by atoms with Crippen molar-refractivity contribution in [3.05, 3.63) is 11.2 Å². The van der Waals surface area contributed by atoms with Crippen molar-refractivity contribution in [1.82, 2.24) is 20.2 Å². The van der Waals surface area contributed by atoms with Crippen molar-refractivity contribution < 1.29 is 9.59 Å². The van der Waals surface area contributed by atoms with Crippen LogP contribution in [0.15, 0.2) is 11.2 Å². The van der Waals surface area contributed by atoms with E-state index in [1.807, 2.05) is 18.7 Å². The molecule has 26 heavy (non-hydrogen) atoms. The number of nitrogens with one attached hydrogen (secondary N) is 1. The Balaban J connectivity index is 1.57. The number of halogens is 1. The average molecular weight is 398 g/mol. The van der Waals surface area contributed by atoms with Gasteiger partial charge in [-0.25, -0.2) is 9.97 Å². The monoisotopic (exact) mass is 397 g/mol. The minimum Gasteiger partial charge on any atom is -0.353 e. The van der Waals surface area contributed by atoms with Crippen LogP contribution >= 0.6 is 23.4 Å². The van der Waals surface area contributed by atoms with Crippen LogP contribution < -0.4 is 10.2 Å². The molecule has 2 heterocycles. The third kappa shape index (κ3) is 5.23. The number of nitrogens with zero attached hydrogens (tertiary/aromatic N) is 4. The number of piperazine rings is 1. The molecule has 1 N–H and O–H groups in total. The Morgan fingerprint density at radius 2 is 1.96 bits per heavy atom. The largest absolute Gasteiger partial charge is 0.353 e. The van der Waals surface area contributed by atoms with Gasteiger partial charge in [0.05, 0.1) is 5.75 Å². The first-order valence-corrected chi connectivity index (χ1v) is 10.3. The zero-order valence-corrected chi connectivity index (χ0v) is 16.6. The Bertz CT molecular complexity index is 675. The molecule has 0 aromatic carbocycles. The van der Waals surface area contributed by atoms with E-state index in [1.165, 1.54) is 11.8 Å². The number of carbonyl (C=O) groups excluding carboxylic acids is 2. The summed E-state index contributed by atoms with van der Waals surface area (Å²) < 4.78 is 0. The summed E-state index contributed by atoms with van der Waals surface area (Å²) >= 11 is 7.41. The highest BCUT2D eigenvalue weighted by Gasteiger charge is 2.34. The molecule has 0 spiro atoms. The lowest BCUT2D eigenvalue weighted by Crippen LogP contribution is -2.49. The molecule has 1 aliphatic heterocycles. The summed E-state index contributed by atoms with van der Waals surface area (Å²) in [6, 6.07) is 1.84. The van der Waals surface area contributed by atoms with E-state index < -0.39 is 0 Å². The number of aromatic nitrogens is 2. The molecule has 9 heteroatoms. The van der Waals surface area contributed by atoms with E-state index in [-0.39, 0.29) is 29.5 Å². The fraction of sp³-hybridized carbons (Fsp3) is 0.647. The van der Waals surface area contributed by atoms with E-state index in [1.54, 1.807) is 6.07 Å². The quantitative estimate of drug-likeness (QED) is 0.448. The molecular weight excluding hydrogens is 374 g/mol. The minimum atomic E-state index is -0.0534. The Morgan fingerprint density at radius 1 is 1.27 bits per heavy atom. The van der Waals surface area contributed by atoms with Crippen LogP contribution in [-0.4, -0.2) is 64.7 Å². The molecule has 142 valence electrons. The van der Waals surface area contributed by atoms with Crippen LogP contribution in [0.1, 0.15) is 26.7 Å². The van der Waals surface area contributed by atoms with Crippen molar-refractivity contribution in [1.29, 1.82) is 0 Å². The van der Waals surface area contributed by atoms with Crippen LogP contribution in [0.3, 0.4) is 0 Å². The smallest absolute Gasteiger partial charge is 0.230 e. The van der Waals surface area contributed by atoms with Crippen LogP contribution in [0.2, 0.25) is 5.15 Å². The molecule has 2 amide bonds. The lowest BCUT2D eigenvalue weighted by Gasteiger charge is -2.35. The first kappa shape index (κ1) is 19.2. The summed E-state index contributed by atoms with van der Waals surface area (Å²) in [5, 5.41) is 3.69. The van der Waals surface area contributed by atoms with Gasteiger partial charge in [-0.1, -0.05) is 23.4 Å². The molecule has 1 aliphatic carbocycles. The maximum absolute atomic E-state index is 12.2. The van der Waals surface area contributed by atoms with Gasteiger partial charge in [0.15, 0.2) is 5.16 Å². The van der Waals surface area contributed by atoms with Crippen LogP contribution in [0, 0.1) is 5.92 Å². The lowest BCUT2D eigenvalue weighted by atomic mass is 10.2. The molecule has 1 aromatic rings. The number of hydrogen-bond donors (Lipinski definition) is 1. The summed E-state index contributed by atoms with van der Waals surface area (Å²) in [5.74, 6) is 1.49. The second-order valence-electron chi connectivity index (χ2n) is 6.93. The Kier molecular flexibility index (Phi) is 6.24. The standard InChI is InChI=1S/C17H24ClN5O2S/c1-11(2)19-15(24)10-26-17-20-13(18)9-14(21-17)22-5-7-23(8-6-22)16(25)12-3-4-12/h9,11-12H,3-8,10H2,1-2H3,(H,19,24). The van der Waals surface area contributed by atoms with Crippen molar-refractivity contribution in [3.8, 4) is 0 Å². The number of carbonyl (C=O) groups is 2. The first-order valence-electron chi connectivity index (χ1n) is 8.93. The fourth-order valence-electron chi connectivity index (χ4n) is 2.85. The van der Waals surface area contributed by atoms with Gasteiger partial charge in [-0.2, -0.15) is 0 Å². The molecule has 0 atom stereocenters. The predicted molar refractivity (Wildman–Crippen MR) is 103 cm³/mol. The van der Waals surface area contributed by atoms with Gasteiger partial charge in [0.1, 0.15) is 11.0 Å². The molecule has 7 nitrogen and oxygen atoms in total. The number of anilines is 1.